The molecule has 1 saturated heterocycles. The van der Waals surface area contributed by atoms with E-state index in [4.69, 9.17) is 14.9 Å². The van der Waals surface area contributed by atoms with Crippen LogP contribution >= 0.6 is 0 Å². The van der Waals surface area contributed by atoms with Crippen LogP contribution in [0.5, 0.6) is 0 Å². The van der Waals surface area contributed by atoms with Crippen molar-refractivity contribution in [2.45, 2.75) is 38.1 Å². The van der Waals surface area contributed by atoms with Gasteiger partial charge >= 0.3 is 0 Å². The van der Waals surface area contributed by atoms with E-state index in [0.717, 1.165) is 11.1 Å². The molecule has 0 spiro atoms. The molecule has 1 aromatic carbocycles. The van der Waals surface area contributed by atoms with Crippen LogP contribution in [0, 0.1) is 0 Å². The third-order valence-electron chi connectivity index (χ3n) is 3.71. The van der Waals surface area contributed by atoms with E-state index in [2.05, 4.69) is 37.9 Å². The molecule has 2 atom stereocenters. The maximum Gasteiger partial charge on any atom is 0.202 e. The Morgan fingerprint density at radius 3 is 2.68 bits per heavy atom. The summed E-state index contributed by atoms with van der Waals surface area (Å²) in [4.78, 5) is 4.59. The molecule has 19 heavy (non-hydrogen) atoms. The number of nitrogens with zero attached hydrogens (tertiary/aromatic N) is 1. The van der Waals surface area contributed by atoms with Gasteiger partial charge in [-0.15, -0.1) is 0 Å². The van der Waals surface area contributed by atoms with Crippen molar-refractivity contribution in [3.05, 3.63) is 29.7 Å². The van der Waals surface area contributed by atoms with Gasteiger partial charge in [-0.1, -0.05) is 26.8 Å². The van der Waals surface area contributed by atoms with Crippen LogP contribution in [-0.4, -0.2) is 24.2 Å². The van der Waals surface area contributed by atoms with Gasteiger partial charge in [-0.25, -0.2) is 4.98 Å². The fourth-order valence-electron chi connectivity index (χ4n) is 2.40. The largest absolute Gasteiger partial charge is 0.440 e. The average Bonchev–Trinajstić information content (AvgIpc) is 2.91. The van der Waals surface area contributed by atoms with E-state index >= 15 is 0 Å². The molecular formula is C15H20N2O2. The summed E-state index contributed by atoms with van der Waals surface area (Å²) < 4.78 is 11.2. The van der Waals surface area contributed by atoms with Crippen molar-refractivity contribution in [3.63, 3.8) is 0 Å². The first-order chi connectivity index (χ1) is 8.95. The van der Waals surface area contributed by atoms with Gasteiger partial charge in [-0.2, -0.15) is 0 Å². The first-order valence-electron chi connectivity index (χ1n) is 6.69. The Morgan fingerprint density at radius 1 is 1.26 bits per heavy atom. The highest BCUT2D eigenvalue weighted by atomic mass is 16.5. The van der Waals surface area contributed by atoms with Gasteiger partial charge in [0.2, 0.25) is 5.89 Å². The Morgan fingerprint density at radius 2 is 2.05 bits per heavy atom. The molecule has 2 N–H and O–H groups in total. The highest BCUT2D eigenvalue weighted by Crippen LogP contribution is 2.30. The number of fused-ring (bicyclic) bond motifs is 1. The maximum atomic E-state index is 6.01. The molecule has 2 heterocycles. The summed E-state index contributed by atoms with van der Waals surface area (Å²) in [5.41, 5.74) is 9.10. The van der Waals surface area contributed by atoms with E-state index < -0.39 is 0 Å². The van der Waals surface area contributed by atoms with Gasteiger partial charge in [0, 0.05) is 6.04 Å². The van der Waals surface area contributed by atoms with Crippen LogP contribution in [-0.2, 0) is 10.2 Å². The smallest absolute Gasteiger partial charge is 0.202 e. The van der Waals surface area contributed by atoms with E-state index in [1.807, 2.05) is 6.07 Å². The second-order valence-electron chi connectivity index (χ2n) is 6.29. The number of hydrogen-bond donors (Lipinski definition) is 1. The molecule has 102 valence electrons. The third kappa shape index (κ3) is 2.26. The number of nitrogens with two attached hydrogens (primary N) is 1. The second-order valence-corrected chi connectivity index (χ2v) is 6.29. The minimum Gasteiger partial charge on any atom is -0.440 e. The highest BCUT2D eigenvalue weighted by molar-refractivity contribution is 5.74. The molecule has 1 aromatic heterocycles. The van der Waals surface area contributed by atoms with E-state index in [0.29, 0.717) is 19.1 Å². The van der Waals surface area contributed by atoms with Crippen LogP contribution in [0.25, 0.3) is 11.1 Å². The summed E-state index contributed by atoms with van der Waals surface area (Å²) in [6.07, 6.45) is 0. The number of benzene rings is 1. The molecular weight excluding hydrogens is 240 g/mol. The van der Waals surface area contributed by atoms with Gasteiger partial charge < -0.3 is 14.9 Å². The van der Waals surface area contributed by atoms with Crippen molar-refractivity contribution in [2.24, 2.45) is 5.73 Å². The second kappa shape index (κ2) is 4.32. The number of hydrogen-bond acceptors (Lipinski definition) is 4. The molecule has 1 aliphatic rings. The molecule has 0 saturated carbocycles. The van der Waals surface area contributed by atoms with Gasteiger partial charge in [0.05, 0.1) is 19.1 Å². The van der Waals surface area contributed by atoms with Crippen LogP contribution in [0.15, 0.2) is 22.6 Å². The molecule has 2 unspecified atom stereocenters. The topological polar surface area (TPSA) is 61.3 Å². The summed E-state index contributed by atoms with van der Waals surface area (Å²) in [6, 6.07) is 6.18. The van der Waals surface area contributed by atoms with E-state index in [9.17, 15) is 0 Å². The van der Waals surface area contributed by atoms with Gasteiger partial charge in [-0.05, 0) is 23.1 Å². The quantitative estimate of drug-likeness (QED) is 0.856. The zero-order valence-corrected chi connectivity index (χ0v) is 11.6. The van der Waals surface area contributed by atoms with E-state index in [1.54, 1.807) is 0 Å². The van der Waals surface area contributed by atoms with Crippen molar-refractivity contribution in [1.29, 1.82) is 0 Å². The SMILES string of the molecule is CC(C)(C)c1ccc2oc(C3COCC3N)nc2c1. The average molecular weight is 260 g/mol. The van der Waals surface area contributed by atoms with Crippen molar-refractivity contribution in [1.82, 2.24) is 4.98 Å². The Balaban J connectivity index is 2.01. The molecule has 0 amide bonds. The normalized spacial score (nSPS) is 24.2. The Hall–Kier alpha value is -1.39. The minimum atomic E-state index is -0.0184. The highest BCUT2D eigenvalue weighted by Gasteiger charge is 2.30. The predicted molar refractivity (Wildman–Crippen MR) is 74.2 cm³/mol. The molecule has 1 aliphatic heterocycles. The molecule has 0 aliphatic carbocycles. The standard InChI is InChI=1S/C15H20N2O2/c1-15(2,3)9-4-5-13-12(6-9)17-14(19-13)10-7-18-8-11(10)16/h4-6,10-11H,7-8,16H2,1-3H3. The van der Waals surface area contributed by atoms with Crippen LogP contribution < -0.4 is 5.73 Å². The minimum absolute atomic E-state index is 0.0184. The van der Waals surface area contributed by atoms with E-state index in [1.165, 1.54) is 5.56 Å². The lowest BCUT2D eigenvalue weighted by atomic mass is 9.87. The summed E-state index contributed by atoms with van der Waals surface area (Å²) in [6.45, 7) is 7.75. The Kier molecular flexibility index (Phi) is 2.87. The number of aromatic nitrogens is 1. The number of rotatable bonds is 1. The predicted octanol–water partition coefficient (Wildman–Crippen LogP) is 2.57. The lowest BCUT2D eigenvalue weighted by molar-refractivity contribution is 0.188. The van der Waals surface area contributed by atoms with Crippen LogP contribution in [0.2, 0.25) is 0 Å². The van der Waals surface area contributed by atoms with Gasteiger partial charge in [-0.3, -0.25) is 0 Å². The van der Waals surface area contributed by atoms with E-state index in [-0.39, 0.29) is 17.4 Å². The van der Waals surface area contributed by atoms with Gasteiger partial charge in [0.1, 0.15) is 5.52 Å². The molecule has 4 nitrogen and oxygen atoms in total. The van der Waals surface area contributed by atoms with Crippen LogP contribution in [0.1, 0.15) is 38.1 Å². The zero-order valence-electron chi connectivity index (χ0n) is 11.6. The fourth-order valence-corrected chi connectivity index (χ4v) is 2.40. The lowest BCUT2D eigenvalue weighted by Crippen LogP contribution is -2.26. The first-order valence-corrected chi connectivity index (χ1v) is 6.69. The fraction of sp³-hybridized carbons (Fsp3) is 0.533. The third-order valence-corrected chi connectivity index (χ3v) is 3.71. The molecule has 2 aromatic rings. The number of oxazole rings is 1. The summed E-state index contributed by atoms with van der Waals surface area (Å²) in [7, 11) is 0. The monoisotopic (exact) mass is 260 g/mol. The Bertz CT molecular complexity index is 598. The van der Waals surface area contributed by atoms with Gasteiger partial charge in [0.25, 0.3) is 0 Å². The van der Waals surface area contributed by atoms with Crippen LogP contribution in [0.3, 0.4) is 0 Å². The first kappa shape index (κ1) is 12.6. The molecule has 4 heteroatoms. The summed E-state index contributed by atoms with van der Waals surface area (Å²) in [5, 5.41) is 0. The van der Waals surface area contributed by atoms with Crippen molar-refractivity contribution in [2.75, 3.05) is 13.2 Å². The van der Waals surface area contributed by atoms with Gasteiger partial charge in [0.15, 0.2) is 5.58 Å². The number of ether oxygens (including phenoxy) is 1. The summed E-state index contributed by atoms with van der Waals surface area (Å²) >= 11 is 0. The van der Waals surface area contributed by atoms with Crippen LogP contribution in [0.4, 0.5) is 0 Å². The zero-order chi connectivity index (χ0) is 13.6. The Labute approximate surface area is 112 Å². The molecule has 0 bridgehead atoms. The lowest BCUT2D eigenvalue weighted by Gasteiger charge is -2.18. The van der Waals surface area contributed by atoms with Crippen molar-refractivity contribution < 1.29 is 9.15 Å². The van der Waals surface area contributed by atoms with Crippen molar-refractivity contribution in [3.8, 4) is 0 Å². The molecule has 3 rings (SSSR count). The maximum absolute atomic E-state index is 6.01. The molecule has 0 radical (unpaired) electrons. The van der Waals surface area contributed by atoms with Crippen molar-refractivity contribution >= 4 is 11.1 Å². The summed E-state index contributed by atoms with van der Waals surface area (Å²) in [5.74, 6) is 0.775. The molecule has 1 fully saturated rings.